The first kappa shape index (κ1) is 12.2. The molecule has 1 fully saturated rings. The Balaban J connectivity index is 2.04. The third kappa shape index (κ3) is 1.97. The lowest BCUT2D eigenvalue weighted by Gasteiger charge is -2.38. The fourth-order valence-electron chi connectivity index (χ4n) is 2.41. The van der Waals surface area contributed by atoms with Crippen LogP contribution in [0.15, 0.2) is 11.7 Å². The fourth-order valence-corrected chi connectivity index (χ4v) is 3.60. The molecule has 2 heterocycles. The van der Waals surface area contributed by atoms with Crippen LogP contribution in [0.2, 0.25) is 0 Å². The molecule has 0 unspecified atom stereocenters. The van der Waals surface area contributed by atoms with E-state index in [9.17, 15) is 0 Å². The average molecular weight is 282 g/mol. The Bertz CT molecular complexity index is 550. The van der Waals surface area contributed by atoms with Crippen molar-refractivity contribution in [2.75, 3.05) is 17.3 Å². The monoisotopic (exact) mass is 281 g/mol. The van der Waals surface area contributed by atoms with E-state index in [-0.39, 0.29) is 0 Å². The Hall–Kier alpha value is -0.870. The molecule has 1 aliphatic carbocycles. The van der Waals surface area contributed by atoms with Crippen molar-refractivity contribution in [3.8, 4) is 0 Å². The van der Waals surface area contributed by atoms with Crippen LogP contribution in [0.4, 0.5) is 5.82 Å². The van der Waals surface area contributed by atoms with Gasteiger partial charge in [0.1, 0.15) is 12.1 Å². The molecule has 0 saturated heterocycles. The number of fused-ring (bicyclic) bond motifs is 1. The highest BCUT2D eigenvalue weighted by molar-refractivity contribution is 7.18. The highest BCUT2D eigenvalue weighted by Crippen LogP contribution is 2.35. The van der Waals surface area contributed by atoms with E-state index in [2.05, 4.69) is 27.2 Å². The molecule has 1 saturated carbocycles. The van der Waals surface area contributed by atoms with Gasteiger partial charge in [-0.3, -0.25) is 0 Å². The Morgan fingerprint density at radius 1 is 1.44 bits per heavy atom. The standard InChI is InChI=1S/C13H16ClN3S/c1-9-7-18-12-11(9)15-8-16-13(12)17(6-5-14)10-3-2-4-10/h7-8,10H,2-6H2,1H3. The van der Waals surface area contributed by atoms with Crippen molar-refractivity contribution in [1.29, 1.82) is 0 Å². The molecule has 3 nitrogen and oxygen atoms in total. The molecular weight excluding hydrogens is 266 g/mol. The van der Waals surface area contributed by atoms with Gasteiger partial charge in [0.05, 0.1) is 10.2 Å². The van der Waals surface area contributed by atoms with E-state index in [1.807, 2.05) is 0 Å². The molecule has 0 spiro atoms. The first-order valence-electron chi connectivity index (χ1n) is 6.32. The van der Waals surface area contributed by atoms with Crippen molar-refractivity contribution < 1.29 is 0 Å². The highest BCUT2D eigenvalue weighted by atomic mass is 35.5. The molecule has 2 aromatic heterocycles. The van der Waals surface area contributed by atoms with E-state index >= 15 is 0 Å². The minimum atomic E-state index is 0.615. The van der Waals surface area contributed by atoms with Crippen LogP contribution in [0.1, 0.15) is 24.8 Å². The Labute approximate surface area is 116 Å². The summed E-state index contributed by atoms with van der Waals surface area (Å²) < 4.78 is 1.20. The molecule has 1 aliphatic rings. The fraction of sp³-hybridized carbons (Fsp3) is 0.538. The van der Waals surface area contributed by atoms with Gasteiger partial charge >= 0.3 is 0 Å². The summed E-state index contributed by atoms with van der Waals surface area (Å²) in [6.45, 7) is 2.97. The van der Waals surface area contributed by atoms with Crippen LogP contribution >= 0.6 is 22.9 Å². The molecule has 0 aromatic carbocycles. The molecular formula is C13H16ClN3S. The van der Waals surface area contributed by atoms with E-state index in [1.54, 1.807) is 17.7 Å². The van der Waals surface area contributed by atoms with Crippen molar-refractivity contribution in [2.45, 2.75) is 32.2 Å². The maximum absolute atomic E-state index is 5.95. The van der Waals surface area contributed by atoms with E-state index < -0.39 is 0 Å². The van der Waals surface area contributed by atoms with E-state index in [4.69, 9.17) is 11.6 Å². The maximum atomic E-state index is 5.95. The van der Waals surface area contributed by atoms with Crippen LogP contribution in [-0.2, 0) is 0 Å². The van der Waals surface area contributed by atoms with Crippen LogP contribution in [0.5, 0.6) is 0 Å². The van der Waals surface area contributed by atoms with Gasteiger partial charge in [-0.1, -0.05) is 0 Å². The number of hydrogen-bond acceptors (Lipinski definition) is 4. The molecule has 0 N–H and O–H groups in total. The van der Waals surface area contributed by atoms with Crippen molar-refractivity contribution >= 4 is 39.0 Å². The summed E-state index contributed by atoms with van der Waals surface area (Å²) in [4.78, 5) is 11.3. The zero-order valence-electron chi connectivity index (χ0n) is 10.4. The molecule has 0 bridgehead atoms. The molecule has 0 atom stereocenters. The lowest BCUT2D eigenvalue weighted by molar-refractivity contribution is 0.389. The number of nitrogens with zero attached hydrogens (tertiary/aromatic N) is 3. The summed E-state index contributed by atoms with van der Waals surface area (Å²) in [6.07, 6.45) is 5.51. The van der Waals surface area contributed by atoms with Gasteiger partial charge in [0.25, 0.3) is 0 Å². The summed E-state index contributed by atoms with van der Waals surface area (Å²) in [5.74, 6) is 1.72. The minimum absolute atomic E-state index is 0.615. The summed E-state index contributed by atoms with van der Waals surface area (Å²) in [5, 5.41) is 2.16. The van der Waals surface area contributed by atoms with E-state index in [0.717, 1.165) is 17.9 Å². The van der Waals surface area contributed by atoms with Crippen molar-refractivity contribution in [3.05, 3.63) is 17.3 Å². The number of rotatable bonds is 4. The van der Waals surface area contributed by atoms with Crippen LogP contribution in [-0.4, -0.2) is 28.4 Å². The van der Waals surface area contributed by atoms with Crippen molar-refractivity contribution in [1.82, 2.24) is 9.97 Å². The number of alkyl halides is 1. The first-order valence-corrected chi connectivity index (χ1v) is 7.74. The second-order valence-corrected chi connectivity index (χ2v) is 6.02. The molecule has 3 rings (SSSR count). The van der Waals surface area contributed by atoms with Crippen LogP contribution < -0.4 is 4.90 Å². The number of thiophene rings is 1. The van der Waals surface area contributed by atoms with Gasteiger partial charge in [-0.15, -0.1) is 22.9 Å². The molecule has 96 valence electrons. The first-order chi connectivity index (χ1) is 8.81. The van der Waals surface area contributed by atoms with Gasteiger partial charge in [0.2, 0.25) is 0 Å². The average Bonchev–Trinajstić information content (AvgIpc) is 2.69. The summed E-state index contributed by atoms with van der Waals surface area (Å²) in [5.41, 5.74) is 2.32. The quantitative estimate of drug-likeness (QED) is 0.802. The van der Waals surface area contributed by atoms with E-state index in [1.165, 1.54) is 29.5 Å². The Morgan fingerprint density at radius 2 is 2.28 bits per heavy atom. The number of aromatic nitrogens is 2. The predicted molar refractivity (Wildman–Crippen MR) is 77.9 cm³/mol. The van der Waals surface area contributed by atoms with Gasteiger partial charge < -0.3 is 4.90 Å². The maximum Gasteiger partial charge on any atom is 0.150 e. The zero-order valence-corrected chi connectivity index (χ0v) is 12.0. The van der Waals surface area contributed by atoms with Gasteiger partial charge in [-0.05, 0) is 37.1 Å². The normalized spacial score (nSPS) is 15.9. The third-order valence-electron chi connectivity index (χ3n) is 3.63. The summed E-state index contributed by atoms with van der Waals surface area (Å²) in [6, 6.07) is 0.615. The van der Waals surface area contributed by atoms with Gasteiger partial charge in [0, 0.05) is 18.5 Å². The molecule has 0 aliphatic heterocycles. The van der Waals surface area contributed by atoms with Gasteiger partial charge in [-0.25, -0.2) is 9.97 Å². The number of hydrogen-bond donors (Lipinski definition) is 0. The number of anilines is 1. The topological polar surface area (TPSA) is 29.0 Å². The second kappa shape index (κ2) is 5.02. The zero-order chi connectivity index (χ0) is 12.5. The Morgan fingerprint density at radius 3 is 2.94 bits per heavy atom. The lowest BCUT2D eigenvalue weighted by Crippen LogP contribution is -2.42. The summed E-state index contributed by atoms with van der Waals surface area (Å²) >= 11 is 7.68. The predicted octanol–water partition coefficient (Wildman–Crippen LogP) is 3.60. The second-order valence-electron chi connectivity index (χ2n) is 4.76. The van der Waals surface area contributed by atoms with Crippen molar-refractivity contribution in [3.63, 3.8) is 0 Å². The summed E-state index contributed by atoms with van der Waals surface area (Å²) in [7, 11) is 0. The van der Waals surface area contributed by atoms with Crippen molar-refractivity contribution in [2.24, 2.45) is 0 Å². The van der Waals surface area contributed by atoms with Gasteiger partial charge in [0.15, 0.2) is 0 Å². The lowest BCUT2D eigenvalue weighted by atomic mass is 9.91. The molecule has 18 heavy (non-hydrogen) atoms. The molecule has 2 aromatic rings. The largest absolute Gasteiger partial charge is 0.351 e. The highest BCUT2D eigenvalue weighted by Gasteiger charge is 2.27. The van der Waals surface area contributed by atoms with Crippen LogP contribution in [0.3, 0.4) is 0 Å². The molecule has 0 amide bonds. The smallest absolute Gasteiger partial charge is 0.150 e. The number of halogens is 1. The van der Waals surface area contributed by atoms with Crippen LogP contribution in [0, 0.1) is 6.92 Å². The molecule has 0 radical (unpaired) electrons. The number of aryl methyl sites for hydroxylation is 1. The van der Waals surface area contributed by atoms with Crippen LogP contribution in [0.25, 0.3) is 10.2 Å². The minimum Gasteiger partial charge on any atom is -0.351 e. The third-order valence-corrected chi connectivity index (χ3v) is 4.88. The Kier molecular flexibility index (Phi) is 3.39. The molecule has 5 heteroatoms. The SMILES string of the molecule is Cc1csc2c(N(CCCl)C3CCC3)ncnc12. The van der Waals surface area contributed by atoms with Gasteiger partial charge in [-0.2, -0.15) is 0 Å². The van der Waals surface area contributed by atoms with E-state index in [0.29, 0.717) is 11.9 Å².